The van der Waals surface area contributed by atoms with Crippen LogP contribution in [0.1, 0.15) is 15.9 Å². The number of nitro groups is 1. The van der Waals surface area contributed by atoms with Gasteiger partial charge in [0.25, 0.3) is 11.6 Å². The van der Waals surface area contributed by atoms with E-state index in [0.717, 1.165) is 6.07 Å². The molecule has 0 atom stereocenters. The Hall–Kier alpha value is -2.97. The maximum Gasteiger partial charge on any atom is 0.288 e. The minimum atomic E-state index is -0.666. The molecular formula is C17H11Cl2FN4O3. The Kier molecular flexibility index (Phi) is 5.38. The van der Waals surface area contributed by atoms with Crippen molar-refractivity contribution in [1.29, 1.82) is 0 Å². The van der Waals surface area contributed by atoms with Gasteiger partial charge < -0.3 is 5.32 Å². The molecule has 0 saturated heterocycles. The van der Waals surface area contributed by atoms with Crippen LogP contribution in [0.5, 0.6) is 0 Å². The summed E-state index contributed by atoms with van der Waals surface area (Å²) in [6, 6.07) is 9.35. The van der Waals surface area contributed by atoms with Crippen molar-refractivity contribution < 1.29 is 14.1 Å². The predicted molar refractivity (Wildman–Crippen MR) is 98.8 cm³/mol. The molecule has 0 unspecified atom stereocenters. The van der Waals surface area contributed by atoms with Crippen LogP contribution in [0.2, 0.25) is 10.0 Å². The highest BCUT2D eigenvalue weighted by molar-refractivity contribution is 6.32. The molecular weight excluding hydrogens is 398 g/mol. The van der Waals surface area contributed by atoms with Gasteiger partial charge in [-0.1, -0.05) is 29.3 Å². The fourth-order valence-corrected chi connectivity index (χ4v) is 2.74. The number of nitrogens with one attached hydrogen (secondary N) is 1. The fraction of sp³-hybridized carbons (Fsp3) is 0.0588. The van der Waals surface area contributed by atoms with Gasteiger partial charge in [-0.2, -0.15) is 5.10 Å². The highest BCUT2D eigenvalue weighted by atomic mass is 35.5. The first-order chi connectivity index (χ1) is 12.8. The van der Waals surface area contributed by atoms with Crippen molar-refractivity contribution in [3.63, 3.8) is 0 Å². The van der Waals surface area contributed by atoms with Gasteiger partial charge >= 0.3 is 0 Å². The van der Waals surface area contributed by atoms with Crippen LogP contribution in [0.4, 0.5) is 15.9 Å². The monoisotopic (exact) mass is 408 g/mol. The van der Waals surface area contributed by atoms with Crippen molar-refractivity contribution in [1.82, 2.24) is 9.78 Å². The average Bonchev–Trinajstić information content (AvgIpc) is 3.04. The van der Waals surface area contributed by atoms with Crippen LogP contribution in [0.3, 0.4) is 0 Å². The van der Waals surface area contributed by atoms with E-state index in [1.807, 2.05) is 0 Å². The van der Waals surface area contributed by atoms with E-state index in [-0.39, 0.29) is 33.7 Å². The van der Waals surface area contributed by atoms with E-state index in [4.69, 9.17) is 23.2 Å². The van der Waals surface area contributed by atoms with Gasteiger partial charge in [-0.05, 0) is 29.8 Å². The van der Waals surface area contributed by atoms with Crippen molar-refractivity contribution >= 4 is 40.6 Å². The average molecular weight is 409 g/mol. The fourth-order valence-electron chi connectivity index (χ4n) is 2.32. The molecule has 0 aliphatic heterocycles. The first kappa shape index (κ1) is 18.8. The van der Waals surface area contributed by atoms with E-state index in [1.54, 1.807) is 18.3 Å². The second kappa shape index (κ2) is 7.73. The number of nitro benzene ring substituents is 1. The number of nitrogens with zero attached hydrogens (tertiary/aromatic N) is 3. The van der Waals surface area contributed by atoms with Gasteiger partial charge in [0.1, 0.15) is 10.8 Å². The predicted octanol–water partition coefficient (Wildman–Crippen LogP) is 4.54. The van der Waals surface area contributed by atoms with Crippen LogP contribution >= 0.6 is 23.2 Å². The van der Waals surface area contributed by atoms with Gasteiger partial charge in [-0.25, -0.2) is 4.39 Å². The lowest BCUT2D eigenvalue weighted by Gasteiger charge is -2.05. The van der Waals surface area contributed by atoms with Crippen molar-refractivity contribution in [2.45, 2.75) is 6.54 Å². The van der Waals surface area contributed by atoms with Gasteiger partial charge in [0.05, 0.1) is 11.5 Å². The molecule has 7 nitrogen and oxygen atoms in total. The zero-order valence-electron chi connectivity index (χ0n) is 13.5. The lowest BCUT2D eigenvalue weighted by Crippen LogP contribution is -2.13. The van der Waals surface area contributed by atoms with Crippen LogP contribution in [-0.2, 0) is 6.54 Å². The van der Waals surface area contributed by atoms with E-state index in [9.17, 15) is 19.3 Å². The molecule has 0 fully saturated rings. The molecule has 0 bridgehead atoms. The lowest BCUT2D eigenvalue weighted by atomic mass is 10.2. The molecule has 0 aliphatic carbocycles. The van der Waals surface area contributed by atoms with Crippen molar-refractivity contribution in [2.24, 2.45) is 0 Å². The maximum absolute atomic E-state index is 13.1. The Bertz CT molecular complexity index is 1040. The molecule has 1 heterocycles. The van der Waals surface area contributed by atoms with Crippen LogP contribution in [0.25, 0.3) is 0 Å². The number of halogens is 3. The number of rotatable bonds is 5. The van der Waals surface area contributed by atoms with Crippen molar-refractivity contribution in [3.8, 4) is 0 Å². The summed E-state index contributed by atoms with van der Waals surface area (Å²) in [5.41, 5.74) is 0.371. The molecule has 1 aromatic heterocycles. The Balaban J connectivity index is 1.73. The van der Waals surface area contributed by atoms with Gasteiger partial charge in [0.15, 0.2) is 5.82 Å². The summed E-state index contributed by atoms with van der Waals surface area (Å²) in [5, 5.41) is 17.9. The summed E-state index contributed by atoms with van der Waals surface area (Å²) in [7, 11) is 0. The molecule has 1 N–H and O–H groups in total. The van der Waals surface area contributed by atoms with E-state index >= 15 is 0 Å². The molecule has 138 valence electrons. The van der Waals surface area contributed by atoms with Crippen LogP contribution in [0, 0.1) is 15.9 Å². The van der Waals surface area contributed by atoms with E-state index in [0.29, 0.717) is 5.56 Å². The second-order valence-corrected chi connectivity index (χ2v) is 6.33. The summed E-state index contributed by atoms with van der Waals surface area (Å²) in [5.74, 6) is -0.759. The number of aromatic nitrogens is 2. The number of carbonyl (C=O) groups is 1. The Labute approximate surface area is 162 Å². The minimum absolute atomic E-state index is 0.0583. The van der Waals surface area contributed by atoms with Crippen molar-refractivity contribution in [3.05, 3.63) is 85.8 Å². The first-order valence-electron chi connectivity index (χ1n) is 7.56. The smallest absolute Gasteiger partial charge is 0.288 e. The Morgan fingerprint density at radius 3 is 2.67 bits per heavy atom. The van der Waals surface area contributed by atoms with Crippen LogP contribution < -0.4 is 5.32 Å². The molecule has 1 amide bonds. The largest absolute Gasteiger partial charge is 0.305 e. The molecule has 2 aromatic carbocycles. The van der Waals surface area contributed by atoms with Crippen LogP contribution in [0.15, 0.2) is 48.7 Å². The molecule has 10 heteroatoms. The highest BCUT2D eigenvalue weighted by Gasteiger charge is 2.17. The number of hydrogen-bond donors (Lipinski definition) is 1. The maximum atomic E-state index is 13.1. The normalized spacial score (nSPS) is 10.6. The summed E-state index contributed by atoms with van der Waals surface area (Å²) in [6.07, 6.45) is 1.61. The molecule has 27 heavy (non-hydrogen) atoms. The van der Waals surface area contributed by atoms with Gasteiger partial charge in [0.2, 0.25) is 0 Å². The third-order valence-corrected chi connectivity index (χ3v) is 4.31. The third kappa shape index (κ3) is 4.42. The molecule has 0 aliphatic rings. The quantitative estimate of drug-likeness (QED) is 0.495. The molecule has 3 aromatic rings. The van der Waals surface area contributed by atoms with E-state index < -0.39 is 16.6 Å². The van der Waals surface area contributed by atoms with Crippen LogP contribution in [-0.4, -0.2) is 20.6 Å². The Morgan fingerprint density at radius 1 is 1.19 bits per heavy atom. The summed E-state index contributed by atoms with van der Waals surface area (Å²) >= 11 is 11.7. The molecule has 3 rings (SSSR count). The van der Waals surface area contributed by atoms with Gasteiger partial charge in [0, 0.05) is 28.9 Å². The van der Waals surface area contributed by atoms with E-state index in [2.05, 4.69) is 10.4 Å². The molecule has 0 spiro atoms. The summed E-state index contributed by atoms with van der Waals surface area (Å²) < 4.78 is 14.6. The third-order valence-electron chi connectivity index (χ3n) is 3.63. The number of benzene rings is 2. The van der Waals surface area contributed by atoms with Gasteiger partial charge in [-0.15, -0.1) is 0 Å². The number of anilines is 1. The lowest BCUT2D eigenvalue weighted by molar-refractivity contribution is -0.384. The summed E-state index contributed by atoms with van der Waals surface area (Å²) in [4.78, 5) is 22.5. The summed E-state index contributed by atoms with van der Waals surface area (Å²) in [6.45, 7) is 0.279. The zero-order chi connectivity index (χ0) is 19.6. The molecule has 0 saturated carbocycles. The van der Waals surface area contributed by atoms with E-state index in [1.165, 1.54) is 28.9 Å². The number of hydrogen-bond acceptors (Lipinski definition) is 4. The second-order valence-electron chi connectivity index (χ2n) is 5.51. The molecule has 0 radical (unpaired) electrons. The first-order valence-corrected chi connectivity index (χ1v) is 8.32. The number of carbonyl (C=O) groups excluding carboxylic acids is 1. The zero-order valence-corrected chi connectivity index (χ0v) is 15.0. The Morgan fingerprint density at radius 2 is 1.96 bits per heavy atom. The van der Waals surface area contributed by atoms with Crippen molar-refractivity contribution in [2.75, 3.05) is 5.32 Å². The highest BCUT2D eigenvalue weighted by Crippen LogP contribution is 2.25. The standard InChI is InChI=1S/C17H11Cl2FN4O3/c18-13-4-2-10(7-15(13)24(26)27)17(25)21-16-5-6-23(22-16)9-11-1-3-12(20)8-14(11)19/h1-8H,9H2,(H,21,22,25). The number of amides is 1. The SMILES string of the molecule is O=C(Nc1ccn(Cc2ccc(F)cc2Cl)n1)c1ccc(Cl)c([N+](=O)[O-])c1. The minimum Gasteiger partial charge on any atom is -0.305 e. The topological polar surface area (TPSA) is 90.1 Å². The van der Waals surface area contributed by atoms with Gasteiger partial charge in [-0.3, -0.25) is 19.6 Å².